The highest BCUT2D eigenvalue weighted by Gasteiger charge is 2.28. The van der Waals surface area contributed by atoms with E-state index in [2.05, 4.69) is 12.1 Å². The van der Waals surface area contributed by atoms with Gasteiger partial charge in [-0.25, -0.2) is 0 Å². The lowest BCUT2D eigenvalue weighted by Crippen LogP contribution is -2.37. The van der Waals surface area contributed by atoms with Gasteiger partial charge in [-0.2, -0.15) is 0 Å². The van der Waals surface area contributed by atoms with Gasteiger partial charge in [-0.05, 0) is 55.4 Å². The number of aromatic nitrogens is 1. The van der Waals surface area contributed by atoms with Crippen LogP contribution in [0.2, 0.25) is 0 Å². The molecule has 1 aromatic heterocycles. The minimum atomic E-state index is -0.113. The number of ether oxygens (including phenoxy) is 2. The van der Waals surface area contributed by atoms with Crippen LogP contribution in [0.15, 0.2) is 47.4 Å². The van der Waals surface area contributed by atoms with E-state index in [1.165, 1.54) is 5.56 Å². The minimum absolute atomic E-state index is 0.0260. The Labute approximate surface area is 187 Å². The van der Waals surface area contributed by atoms with Crippen molar-refractivity contribution in [3.63, 3.8) is 0 Å². The zero-order chi connectivity index (χ0) is 22.2. The van der Waals surface area contributed by atoms with Crippen molar-refractivity contribution in [1.82, 2.24) is 9.47 Å². The highest BCUT2D eigenvalue weighted by atomic mass is 16.5. The second kappa shape index (κ2) is 8.34. The third-order valence-corrected chi connectivity index (χ3v) is 6.86. The molecule has 2 heterocycles. The first-order valence-electron chi connectivity index (χ1n) is 11.3. The second-order valence-corrected chi connectivity index (χ2v) is 8.61. The van der Waals surface area contributed by atoms with Crippen molar-refractivity contribution in [3.05, 3.63) is 69.6 Å². The third kappa shape index (κ3) is 3.34. The van der Waals surface area contributed by atoms with Crippen LogP contribution in [0.4, 0.5) is 0 Å². The number of carbonyl (C=O) groups excluding carboxylic acids is 1. The van der Waals surface area contributed by atoms with Gasteiger partial charge in [0.05, 0.1) is 31.2 Å². The largest absolute Gasteiger partial charge is 0.493 e. The predicted molar refractivity (Wildman–Crippen MR) is 124 cm³/mol. The Balaban J connectivity index is 1.74. The number of likely N-dealkylation sites (tertiary alicyclic amines) is 1. The quantitative estimate of drug-likeness (QED) is 0.621. The number of benzene rings is 2. The Morgan fingerprint density at radius 3 is 2.38 bits per heavy atom. The predicted octanol–water partition coefficient (Wildman–Crippen LogP) is 4.18. The molecule has 2 aromatic carbocycles. The molecule has 1 aliphatic carbocycles. The average molecular weight is 433 g/mol. The normalized spacial score (nSPS) is 17.9. The molecule has 5 rings (SSSR count). The molecule has 1 saturated heterocycles. The van der Waals surface area contributed by atoms with Crippen molar-refractivity contribution in [3.8, 4) is 11.5 Å². The van der Waals surface area contributed by atoms with Gasteiger partial charge in [-0.15, -0.1) is 0 Å². The van der Waals surface area contributed by atoms with E-state index in [4.69, 9.17) is 9.47 Å². The van der Waals surface area contributed by atoms with Crippen LogP contribution in [0.25, 0.3) is 10.8 Å². The number of methoxy groups -OCH3 is 2. The molecule has 0 bridgehead atoms. The number of pyridine rings is 1. The highest BCUT2D eigenvalue weighted by Crippen LogP contribution is 2.36. The van der Waals surface area contributed by atoms with Crippen molar-refractivity contribution in [2.45, 2.75) is 38.1 Å². The standard InChI is InChI=1S/C26H28N2O4/c1-31-23-14-19-20(15-24(23)32-2)26(30)28(22-11-10-17-8-4-5-9-18(17)22)16-21(19)25(29)27-12-6-3-7-13-27/h4-5,8-9,14-16,22H,3,6-7,10-13H2,1-2H3. The molecule has 0 spiro atoms. The summed E-state index contributed by atoms with van der Waals surface area (Å²) in [6, 6.07) is 11.6. The summed E-state index contributed by atoms with van der Waals surface area (Å²) in [7, 11) is 3.12. The second-order valence-electron chi connectivity index (χ2n) is 8.61. The first kappa shape index (κ1) is 20.6. The maximum absolute atomic E-state index is 13.7. The van der Waals surface area contributed by atoms with Gasteiger partial charge in [0.1, 0.15) is 0 Å². The summed E-state index contributed by atoms with van der Waals surface area (Å²) in [6.45, 7) is 1.50. The molecule has 1 aliphatic heterocycles. The first-order chi connectivity index (χ1) is 15.6. The fraction of sp³-hybridized carbons (Fsp3) is 0.385. The van der Waals surface area contributed by atoms with Crippen LogP contribution in [0.1, 0.15) is 53.2 Å². The minimum Gasteiger partial charge on any atom is -0.493 e. The molecule has 1 unspecified atom stereocenters. The Hall–Kier alpha value is -3.28. The van der Waals surface area contributed by atoms with E-state index >= 15 is 0 Å². The Morgan fingerprint density at radius 1 is 0.969 bits per heavy atom. The molecular formula is C26H28N2O4. The van der Waals surface area contributed by atoms with E-state index in [0.717, 1.165) is 50.8 Å². The van der Waals surface area contributed by atoms with Crippen LogP contribution < -0.4 is 15.0 Å². The number of nitrogens with zero attached hydrogens (tertiary/aromatic N) is 2. The van der Waals surface area contributed by atoms with Gasteiger partial charge in [0.15, 0.2) is 11.5 Å². The van der Waals surface area contributed by atoms with Crippen LogP contribution in [0, 0.1) is 0 Å². The molecule has 1 atom stereocenters. The van der Waals surface area contributed by atoms with E-state index in [-0.39, 0.29) is 17.5 Å². The summed E-state index contributed by atoms with van der Waals surface area (Å²) in [5.41, 5.74) is 2.86. The van der Waals surface area contributed by atoms with Gasteiger partial charge in [-0.1, -0.05) is 24.3 Å². The molecule has 6 nitrogen and oxygen atoms in total. The molecule has 32 heavy (non-hydrogen) atoms. The van der Waals surface area contributed by atoms with Gasteiger partial charge in [-0.3, -0.25) is 9.59 Å². The molecule has 2 aliphatic rings. The van der Waals surface area contributed by atoms with Gasteiger partial charge >= 0.3 is 0 Å². The van der Waals surface area contributed by atoms with E-state index in [1.54, 1.807) is 37.1 Å². The van der Waals surface area contributed by atoms with Crippen LogP contribution in [-0.4, -0.2) is 42.7 Å². The fourth-order valence-electron chi connectivity index (χ4n) is 5.18. The molecule has 0 N–H and O–H groups in total. The topological polar surface area (TPSA) is 60.8 Å². The maximum atomic E-state index is 13.7. The molecule has 1 fully saturated rings. The number of amides is 1. The average Bonchev–Trinajstić information content (AvgIpc) is 3.27. The van der Waals surface area contributed by atoms with Crippen molar-refractivity contribution in [2.75, 3.05) is 27.3 Å². The smallest absolute Gasteiger partial charge is 0.259 e. The van der Waals surface area contributed by atoms with Crippen molar-refractivity contribution in [2.24, 2.45) is 0 Å². The molecule has 3 aromatic rings. The molecule has 166 valence electrons. The molecule has 0 radical (unpaired) electrons. The summed E-state index contributed by atoms with van der Waals surface area (Å²) in [6.07, 6.45) is 6.71. The van der Waals surface area contributed by atoms with Crippen LogP contribution >= 0.6 is 0 Å². The zero-order valence-electron chi connectivity index (χ0n) is 18.6. The number of aryl methyl sites for hydroxylation is 1. The van der Waals surface area contributed by atoms with Crippen molar-refractivity contribution >= 4 is 16.7 Å². The van der Waals surface area contributed by atoms with E-state index in [0.29, 0.717) is 27.8 Å². The van der Waals surface area contributed by atoms with Gasteiger partial charge in [0.25, 0.3) is 11.5 Å². The SMILES string of the molecule is COc1cc2c(C(=O)N3CCCCC3)cn(C3CCc4ccccc43)c(=O)c2cc1OC. The summed E-state index contributed by atoms with van der Waals surface area (Å²) >= 11 is 0. The third-order valence-electron chi connectivity index (χ3n) is 6.86. The number of hydrogen-bond acceptors (Lipinski definition) is 4. The Kier molecular flexibility index (Phi) is 5.37. The van der Waals surface area contributed by atoms with Crippen LogP contribution in [0.5, 0.6) is 11.5 Å². The summed E-state index contributed by atoms with van der Waals surface area (Å²) < 4.78 is 12.7. The van der Waals surface area contributed by atoms with Crippen molar-refractivity contribution < 1.29 is 14.3 Å². The first-order valence-corrected chi connectivity index (χ1v) is 11.3. The maximum Gasteiger partial charge on any atom is 0.259 e. The van der Waals surface area contributed by atoms with E-state index < -0.39 is 0 Å². The molecule has 0 saturated carbocycles. The van der Waals surface area contributed by atoms with Gasteiger partial charge in [0, 0.05) is 24.7 Å². The van der Waals surface area contributed by atoms with E-state index in [1.807, 2.05) is 17.0 Å². The lowest BCUT2D eigenvalue weighted by molar-refractivity contribution is 0.0725. The van der Waals surface area contributed by atoms with Gasteiger partial charge < -0.3 is 18.9 Å². The molecular weight excluding hydrogens is 404 g/mol. The zero-order valence-corrected chi connectivity index (χ0v) is 18.6. The fourth-order valence-corrected chi connectivity index (χ4v) is 5.18. The van der Waals surface area contributed by atoms with E-state index in [9.17, 15) is 9.59 Å². The Morgan fingerprint density at radius 2 is 1.66 bits per heavy atom. The van der Waals surface area contributed by atoms with Crippen LogP contribution in [0.3, 0.4) is 0 Å². The van der Waals surface area contributed by atoms with Crippen LogP contribution in [-0.2, 0) is 6.42 Å². The number of carbonyl (C=O) groups is 1. The molecule has 6 heteroatoms. The highest BCUT2D eigenvalue weighted by molar-refractivity contribution is 6.07. The number of hydrogen-bond donors (Lipinski definition) is 0. The summed E-state index contributed by atoms with van der Waals surface area (Å²) in [5, 5.41) is 1.10. The lowest BCUT2D eigenvalue weighted by atomic mass is 10.0. The number of piperidine rings is 1. The monoisotopic (exact) mass is 432 g/mol. The Bertz CT molecular complexity index is 1240. The molecule has 1 amide bonds. The number of fused-ring (bicyclic) bond motifs is 2. The van der Waals surface area contributed by atoms with Crippen molar-refractivity contribution in [1.29, 1.82) is 0 Å². The lowest BCUT2D eigenvalue weighted by Gasteiger charge is -2.28. The summed E-state index contributed by atoms with van der Waals surface area (Å²) in [5.74, 6) is 0.969. The van der Waals surface area contributed by atoms with Gasteiger partial charge in [0.2, 0.25) is 0 Å². The summed E-state index contributed by atoms with van der Waals surface area (Å²) in [4.78, 5) is 29.2. The number of rotatable bonds is 4.